The van der Waals surface area contributed by atoms with E-state index in [0.717, 1.165) is 28.4 Å². The molecule has 0 aliphatic heterocycles. The summed E-state index contributed by atoms with van der Waals surface area (Å²) in [6.45, 7) is 5.45. The second kappa shape index (κ2) is 7.99. The third-order valence-electron chi connectivity index (χ3n) is 3.42. The van der Waals surface area contributed by atoms with Crippen LogP contribution in [0.5, 0.6) is 0 Å². The standard InChI is InChI=1S/C18H22O8/c1-18(2,3)8-9-10(14(19)23-4)12(16(21)25-6)13(17(22)26-7)11(9)15(20)24-5/h8H,1-7H3. The summed E-state index contributed by atoms with van der Waals surface area (Å²) in [6.07, 6.45) is 1.57. The second-order valence-corrected chi connectivity index (χ2v) is 6.39. The Morgan fingerprint density at radius 3 is 1.12 bits per heavy atom. The van der Waals surface area contributed by atoms with Crippen LogP contribution in [0.15, 0.2) is 33.9 Å². The molecule has 0 unspecified atom stereocenters. The van der Waals surface area contributed by atoms with E-state index in [9.17, 15) is 19.2 Å². The van der Waals surface area contributed by atoms with Crippen LogP contribution in [-0.2, 0) is 38.1 Å². The van der Waals surface area contributed by atoms with Crippen molar-refractivity contribution in [3.63, 3.8) is 0 Å². The minimum absolute atomic E-state index is 0.0528. The van der Waals surface area contributed by atoms with Gasteiger partial charge in [0.15, 0.2) is 0 Å². The molecule has 142 valence electrons. The summed E-state index contributed by atoms with van der Waals surface area (Å²) in [4.78, 5) is 49.5. The molecule has 8 nitrogen and oxygen atoms in total. The summed E-state index contributed by atoms with van der Waals surface area (Å²) in [5.74, 6) is -3.77. The molecule has 0 aromatic rings. The predicted molar refractivity (Wildman–Crippen MR) is 89.7 cm³/mol. The van der Waals surface area contributed by atoms with Gasteiger partial charge in [0.1, 0.15) is 0 Å². The van der Waals surface area contributed by atoms with Gasteiger partial charge in [-0.2, -0.15) is 0 Å². The van der Waals surface area contributed by atoms with Crippen LogP contribution < -0.4 is 0 Å². The summed E-state index contributed by atoms with van der Waals surface area (Å²) in [5.41, 5.74) is -1.77. The maximum Gasteiger partial charge on any atom is 0.339 e. The molecule has 1 aliphatic rings. The van der Waals surface area contributed by atoms with Gasteiger partial charge in [0.2, 0.25) is 0 Å². The number of carbonyl (C=O) groups excluding carboxylic acids is 4. The summed E-state index contributed by atoms with van der Waals surface area (Å²) in [7, 11) is 4.41. The fraction of sp³-hybridized carbons (Fsp3) is 0.444. The van der Waals surface area contributed by atoms with E-state index >= 15 is 0 Å². The van der Waals surface area contributed by atoms with E-state index in [0.29, 0.717) is 0 Å². The number of ether oxygens (including phenoxy) is 4. The van der Waals surface area contributed by atoms with Gasteiger partial charge in [0, 0.05) is 5.57 Å². The molecule has 0 heterocycles. The summed E-state index contributed by atoms with van der Waals surface area (Å²) in [6, 6.07) is 0. The van der Waals surface area contributed by atoms with Crippen LogP contribution in [0.25, 0.3) is 0 Å². The molecule has 26 heavy (non-hydrogen) atoms. The van der Waals surface area contributed by atoms with Gasteiger partial charge in [-0.3, -0.25) is 0 Å². The van der Waals surface area contributed by atoms with E-state index in [4.69, 9.17) is 18.9 Å². The Morgan fingerprint density at radius 1 is 0.615 bits per heavy atom. The lowest BCUT2D eigenvalue weighted by Gasteiger charge is -2.16. The maximum absolute atomic E-state index is 12.4. The van der Waals surface area contributed by atoms with Gasteiger partial charge >= 0.3 is 23.9 Å². The van der Waals surface area contributed by atoms with E-state index in [1.54, 1.807) is 6.08 Å². The van der Waals surface area contributed by atoms with Crippen LogP contribution in [0, 0.1) is 5.41 Å². The molecule has 0 saturated carbocycles. The van der Waals surface area contributed by atoms with Crippen molar-refractivity contribution in [2.75, 3.05) is 28.4 Å². The zero-order valence-electron chi connectivity index (χ0n) is 15.8. The van der Waals surface area contributed by atoms with Gasteiger partial charge < -0.3 is 18.9 Å². The molecule has 0 N–H and O–H groups in total. The first-order valence-electron chi connectivity index (χ1n) is 7.59. The first-order chi connectivity index (χ1) is 12.0. The van der Waals surface area contributed by atoms with Gasteiger partial charge in [-0.25, -0.2) is 19.2 Å². The molecule has 0 aromatic carbocycles. The van der Waals surface area contributed by atoms with Crippen molar-refractivity contribution in [3.8, 4) is 0 Å². The first-order valence-corrected chi connectivity index (χ1v) is 7.59. The zero-order chi connectivity index (χ0) is 20.2. The van der Waals surface area contributed by atoms with Crippen LogP contribution in [0.3, 0.4) is 0 Å². The van der Waals surface area contributed by atoms with Crippen molar-refractivity contribution in [1.82, 2.24) is 0 Å². The molecule has 0 atom stereocenters. The molecular formula is C18H22O8. The fourth-order valence-corrected chi connectivity index (χ4v) is 2.46. The van der Waals surface area contributed by atoms with Crippen LogP contribution >= 0.6 is 0 Å². The highest BCUT2D eigenvalue weighted by Crippen LogP contribution is 2.41. The predicted octanol–water partition coefficient (Wildman–Crippen LogP) is 1.26. The molecule has 0 amide bonds. The Balaban J connectivity index is 4.05. The number of hydrogen-bond donors (Lipinski definition) is 0. The average Bonchev–Trinajstić information content (AvgIpc) is 2.91. The lowest BCUT2D eigenvalue weighted by Crippen LogP contribution is -2.18. The van der Waals surface area contributed by atoms with Gasteiger partial charge in [-0.05, 0) is 5.41 Å². The number of hydrogen-bond acceptors (Lipinski definition) is 8. The number of methoxy groups -OCH3 is 4. The van der Waals surface area contributed by atoms with Crippen molar-refractivity contribution in [3.05, 3.63) is 33.9 Å². The lowest BCUT2D eigenvalue weighted by molar-refractivity contribution is -0.140. The summed E-state index contributed by atoms with van der Waals surface area (Å²) < 4.78 is 18.9. The van der Waals surface area contributed by atoms with Crippen LogP contribution in [0.2, 0.25) is 0 Å². The minimum Gasteiger partial charge on any atom is -0.465 e. The SMILES string of the molecule is COC(=O)C1=C(C(=O)OC)C(C(=O)OC)=C(C(=O)OC)C1=CC(C)(C)C. The molecular weight excluding hydrogens is 344 g/mol. The number of carbonyl (C=O) groups is 4. The third-order valence-corrected chi connectivity index (χ3v) is 3.42. The second-order valence-electron chi connectivity index (χ2n) is 6.39. The van der Waals surface area contributed by atoms with E-state index in [-0.39, 0.29) is 16.7 Å². The highest BCUT2D eigenvalue weighted by Gasteiger charge is 2.44. The normalized spacial score (nSPS) is 14.2. The van der Waals surface area contributed by atoms with E-state index in [1.165, 1.54) is 0 Å². The van der Waals surface area contributed by atoms with Crippen molar-refractivity contribution < 1.29 is 38.1 Å². The molecule has 0 fully saturated rings. The topological polar surface area (TPSA) is 105 Å². The molecule has 0 spiro atoms. The minimum atomic E-state index is -0.982. The molecule has 0 saturated heterocycles. The first kappa shape index (κ1) is 21.1. The smallest absolute Gasteiger partial charge is 0.339 e. The third kappa shape index (κ3) is 4.01. The quantitative estimate of drug-likeness (QED) is 0.541. The molecule has 0 bridgehead atoms. The molecule has 1 aliphatic carbocycles. The van der Waals surface area contributed by atoms with Crippen LogP contribution in [0.4, 0.5) is 0 Å². The van der Waals surface area contributed by atoms with Gasteiger partial charge in [-0.1, -0.05) is 26.8 Å². The Hall–Kier alpha value is -2.90. The van der Waals surface area contributed by atoms with Crippen molar-refractivity contribution in [2.24, 2.45) is 5.41 Å². The van der Waals surface area contributed by atoms with Gasteiger partial charge in [0.05, 0.1) is 50.7 Å². The fourth-order valence-electron chi connectivity index (χ4n) is 2.46. The highest BCUT2D eigenvalue weighted by molar-refractivity contribution is 6.22. The average molecular weight is 366 g/mol. The number of esters is 4. The Labute approximate surface area is 151 Å². The van der Waals surface area contributed by atoms with Gasteiger partial charge in [-0.15, -0.1) is 0 Å². The zero-order valence-corrected chi connectivity index (χ0v) is 15.8. The Bertz CT molecular complexity index is 690. The molecule has 1 rings (SSSR count). The largest absolute Gasteiger partial charge is 0.465 e. The van der Waals surface area contributed by atoms with Crippen molar-refractivity contribution >= 4 is 23.9 Å². The van der Waals surface area contributed by atoms with Crippen molar-refractivity contribution in [1.29, 1.82) is 0 Å². The molecule has 0 radical (unpaired) electrons. The molecule has 8 heteroatoms. The van der Waals surface area contributed by atoms with Crippen LogP contribution in [-0.4, -0.2) is 52.3 Å². The Morgan fingerprint density at radius 2 is 0.885 bits per heavy atom. The van der Waals surface area contributed by atoms with Crippen LogP contribution in [0.1, 0.15) is 20.8 Å². The molecule has 0 aromatic heterocycles. The monoisotopic (exact) mass is 366 g/mol. The highest BCUT2D eigenvalue weighted by atomic mass is 16.5. The van der Waals surface area contributed by atoms with E-state index < -0.39 is 40.4 Å². The number of rotatable bonds is 4. The lowest BCUT2D eigenvalue weighted by atomic mass is 9.89. The van der Waals surface area contributed by atoms with Gasteiger partial charge in [0.25, 0.3) is 0 Å². The number of allylic oxidation sites excluding steroid dienone is 1. The summed E-state index contributed by atoms with van der Waals surface area (Å²) in [5, 5.41) is 0. The van der Waals surface area contributed by atoms with E-state index in [1.807, 2.05) is 20.8 Å². The maximum atomic E-state index is 12.4. The Kier molecular flexibility index (Phi) is 6.49. The van der Waals surface area contributed by atoms with Crippen molar-refractivity contribution in [2.45, 2.75) is 20.8 Å². The van der Waals surface area contributed by atoms with E-state index in [2.05, 4.69) is 0 Å². The summed E-state index contributed by atoms with van der Waals surface area (Å²) >= 11 is 0.